The maximum absolute atomic E-state index is 11.6. The van der Waals surface area contributed by atoms with Crippen LogP contribution in [0.2, 0.25) is 0 Å². The zero-order valence-corrected chi connectivity index (χ0v) is 13.5. The fraction of sp³-hybridized carbons (Fsp3) is 0.0952. The summed E-state index contributed by atoms with van der Waals surface area (Å²) in [6.45, 7) is 1.54. The topological polar surface area (TPSA) is 55.1 Å². The minimum atomic E-state index is -0.0674. The molecule has 0 saturated heterocycles. The SMILES string of the molecule is CC(=O)Nc1ccc2c(c1-c1ccc(N)cc1)Cc1ccccc1-2. The number of carbonyl (C=O) groups excluding carboxylic acids is 1. The van der Waals surface area contributed by atoms with Crippen LogP contribution in [-0.4, -0.2) is 5.91 Å². The molecule has 0 unspecified atom stereocenters. The van der Waals surface area contributed by atoms with Crippen LogP contribution in [0.4, 0.5) is 11.4 Å². The highest BCUT2D eigenvalue weighted by Crippen LogP contribution is 2.44. The van der Waals surface area contributed by atoms with E-state index in [9.17, 15) is 4.79 Å². The van der Waals surface area contributed by atoms with Gasteiger partial charge in [0, 0.05) is 23.9 Å². The van der Waals surface area contributed by atoms with Crippen molar-refractivity contribution in [1.29, 1.82) is 0 Å². The lowest BCUT2D eigenvalue weighted by atomic mass is 9.93. The van der Waals surface area contributed by atoms with E-state index < -0.39 is 0 Å². The van der Waals surface area contributed by atoms with Crippen molar-refractivity contribution < 1.29 is 4.79 Å². The van der Waals surface area contributed by atoms with Crippen molar-refractivity contribution in [3.63, 3.8) is 0 Å². The van der Waals surface area contributed by atoms with E-state index in [-0.39, 0.29) is 5.91 Å². The van der Waals surface area contributed by atoms with Gasteiger partial charge in [0.15, 0.2) is 0 Å². The average molecular weight is 314 g/mol. The van der Waals surface area contributed by atoms with Crippen molar-refractivity contribution in [3.8, 4) is 22.3 Å². The predicted molar refractivity (Wildman–Crippen MR) is 98.8 cm³/mol. The molecule has 3 aromatic rings. The second-order valence-electron chi connectivity index (χ2n) is 6.15. The van der Waals surface area contributed by atoms with Crippen molar-refractivity contribution in [1.82, 2.24) is 0 Å². The summed E-state index contributed by atoms with van der Waals surface area (Å²) in [5, 5.41) is 2.97. The van der Waals surface area contributed by atoms with Gasteiger partial charge in [-0.05, 0) is 52.4 Å². The molecule has 3 heteroatoms. The summed E-state index contributed by atoms with van der Waals surface area (Å²) < 4.78 is 0. The number of nitrogens with one attached hydrogen (secondary N) is 1. The van der Waals surface area contributed by atoms with Gasteiger partial charge in [0.1, 0.15) is 0 Å². The fourth-order valence-corrected chi connectivity index (χ4v) is 3.48. The van der Waals surface area contributed by atoms with E-state index in [2.05, 4.69) is 35.6 Å². The smallest absolute Gasteiger partial charge is 0.221 e. The van der Waals surface area contributed by atoms with Crippen LogP contribution >= 0.6 is 0 Å². The number of fused-ring (bicyclic) bond motifs is 3. The molecule has 0 heterocycles. The standard InChI is InChI=1S/C21H18N2O/c1-13(24)23-20-11-10-18-17-5-3-2-4-15(17)12-19(18)21(20)14-6-8-16(22)9-7-14/h2-11H,12,22H2,1H3,(H,23,24). The molecule has 3 nitrogen and oxygen atoms in total. The molecule has 4 rings (SSSR count). The average Bonchev–Trinajstić information content (AvgIpc) is 2.94. The van der Waals surface area contributed by atoms with E-state index >= 15 is 0 Å². The van der Waals surface area contributed by atoms with Gasteiger partial charge in [-0.15, -0.1) is 0 Å². The van der Waals surface area contributed by atoms with Crippen LogP contribution in [0, 0.1) is 0 Å². The van der Waals surface area contributed by atoms with Crippen molar-refractivity contribution in [3.05, 3.63) is 71.8 Å². The first-order valence-electron chi connectivity index (χ1n) is 8.01. The van der Waals surface area contributed by atoms with Crippen LogP contribution in [-0.2, 0) is 11.2 Å². The van der Waals surface area contributed by atoms with Gasteiger partial charge in [-0.2, -0.15) is 0 Å². The predicted octanol–water partition coefficient (Wildman–Crippen LogP) is 4.47. The summed E-state index contributed by atoms with van der Waals surface area (Å²) in [5.41, 5.74) is 14.7. The number of amides is 1. The first-order valence-corrected chi connectivity index (χ1v) is 8.01. The second-order valence-corrected chi connectivity index (χ2v) is 6.15. The molecule has 0 aliphatic heterocycles. The Bertz CT molecular complexity index is 943. The molecule has 0 atom stereocenters. The second kappa shape index (κ2) is 5.53. The van der Waals surface area contributed by atoms with Crippen molar-refractivity contribution in [2.24, 2.45) is 0 Å². The minimum absolute atomic E-state index is 0.0674. The molecular formula is C21H18N2O. The Hall–Kier alpha value is -3.07. The van der Waals surface area contributed by atoms with Crippen LogP contribution in [0.15, 0.2) is 60.7 Å². The zero-order valence-electron chi connectivity index (χ0n) is 13.5. The third-order valence-electron chi connectivity index (χ3n) is 4.50. The molecule has 1 aliphatic rings. The summed E-state index contributed by atoms with van der Waals surface area (Å²) in [7, 11) is 0. The minimum Gasteiger partial charge on any atom is -0.399 e. The van der Waals surface area contributed by atoms with Crippen molar-refractivity contribution in [2.75, 3.05) is 11.1 Å². The third-order valence-corrected chi connectivity index (χ3v) is 4.50. The molecule has 1 amide bonds. The van der Waals surface area contributed by atoms with Gasteiger partial charge in [0.05, 0.1) is 0 Å². The van der Waals surface area contributed by atoms with Gasteiger partial charge in [0.2, 0.25) is 5.91 Å². The maximum atomic E-state index is 11.6. The van der Waals surface area contributed by atoms with Crippen LogP contribution in [0.1, 0.15) is 18.1 Å². The van der Waals surface area contributed by atoms with Gasteiger partial charge in [-0.1, -0.05) is 42.5 Å². The Balaban J connectivity index is 1.95. The van der Waals surface area contributed by atoms with Crippen LogP contribution in [0.5, 0.6) is 0 Å². The van der Waals surface area contributed by atoms with E-state index in [4.69, 9.17) is 5.73 Å². The molecule has 0 radical (unpaired) electrons. The Labute approximate surface area is 141 Å². The lowest BCUT2D eigenvalue weighted by molar-refractivity contribution is -0.114. The lowest BCUT2D eigenvalue weighted by Crippen LogP contribution is -2.08. The van der Waals surface area contributed by atoms with Crippen LogP contribution in [0.3, 0.4) is 0 Å². The van der Waals surface area contributed by atoms with Gasteiger partial charge >= 0.3 is 0 Å². The van der Waals surface area contributed by atoms with E-state index in [0.29, 0.717) is 0 Å². The Morgan fingerprint density at radius 1 is 0.958 bits per heavy atom. The molecule has 3 aromatic carbocycles. The van der Waals surface area contributed by atoms with E-state index in [1.54, 1.807) is 0 Å². The van der Waals surface area contributed by atoms with E-state index in [0.717, 1.165) is 28.9 Å². The highest BCUT2D eigenvalue weighted by Gasteiger charge is 2.23. The lowest BCUT2D eigenvalue weighted by Gasteiger charge is -2.16. The van der Waals surface area contributed by atoms with Gasteiger partial charge < -0.3 is 11.1 Å². The van der Waals surface area contributed by atoms with Crippen molar-refractivity contribution in [2.45, 2.75) is 13.3 Å². The summed E-state index contributed by atoms with van der Waals surface area (Å²) >= 11 is 0. The maximum Gasteiger partial charge on any atom is 0.221 e. The highest BCUT2D eigenvalue weighted by molar-refractivity contribution is 5.98. The summed E-state index contributed by atoms with van der Waals surface area (Å²) in [6, 6.07) is 20.4. The number of hydrogen-bond acceptors (Lipinski definition) is 2. The summed E-state index contributed by atoms with van der Waals surface area (Å²) in [6.07, 6.45) is 0.874. The number of anilines is 2. The molecule has 0 bridgehead atoms. The Morgan fingerprint density at radius 3 is 2.46 bits per heavy atom. The first kappa shape index (κ1) is 14.5. The quantitative estimate of drug-likeness (QED) is 0.536. The van der Waals surface area contributed by atoms with Gasteiger partial charge in [-0.25, -0.2) is 0 Å². The number of carbonyl (C=O) groups is 1. The number of rotatable bonds is 2. The van der Waals surface area contributed by atoms with Gasteiger partial charge in [-0.3, -0.25) is 4.79 Å². The molecular weight excluding hydrogens is 296 g/mol. The largest absolute Gasteiger partial charge is 0.399 e. The monoisotopic (exact) mass is 314 g/mol. The van der Waals surface area contributed by atoms with Gasteiger partial charge in [0.25, 0.3) is 0 Å². The summed E-state index contributed by atoms with van der Waals surface area (Å²) in [4.78, 5) is 11.6. The molecule has 0 fully saturated rings. The number of nitrogens with two attached hydrogens (primary N) is 1. The van der Waals surface area contributed by atoms with E-state index in [1.165, 1.54) is 29.2 Å². The van der Waals surface area contributed by atoms with Crippen LogP contribution in [0.25, 0.3) is 22.3 Å². The zero-order chi connectivity index (χ0) is 16.7. The van der Waals surface area contributed by atoms with E-state index in [1.807, 2.05) is 30.3 Å². The fourth-order valence-electron chi connectivity index (χ4n) is 3.48. The number of nitrogen functional groups attached to an aromatic ring is 1. The molecule has 118 valence electrons. The Kier molecular flexibility index (Phi) is 3.35. The molecule has 1 aliphatic carbocycles. The molecule has 3 N–H and O–H groups in total. The Morgan fingerprint density at radius 2 is 1.71 bits per heavy atom. The number of benzene rings is 3. The molecule has 0 saturated carbocycles. The number of hydrogen-bond donors (Lipinski definition) is 2. The van der Waals surface area contributed by atoms with Crippen LogP contribution < -0.4 is 11.1 Å². The molecule has 0 spiro atoms. The van der Waals surface area contributed by atoms with Crippen molar-refractivity contribution >= 4 is 17.3 Å². The third kappa shape index (κ3) is 2.35. The normalized spacial score (nSPS) is 11.7. The molecule has 0 aromatic heterocycles. The molecule has 24 heavy (non-hydrogen) atoms. The first-order chi connectivity index (χ1) is 11.6. The summed E-state index contributed by atoms with van der Waals surface area (Å²) in [5.74, 6) is -0.0674. The highest BCUT2D eigenvalue weighted by atomic mass is 16.1.